The molecule has 2 amide bonds. The highest BCUT2D eigenvalue weighted by molar-refractivity contribution is 7.91. The number of carbonyl (C=O) groups is 2. The first-order chi connectivity index (χ1) is 19.9. The first-order valence-corrected chi connectivity index (χ1v) is 14.4. The second-order valence-electron chi connectivity index (χ2n) is 9.76. The molecule has 0 spiro atoms. The first kappa shape index (κ1) is 29.3. The fourth-order valence-electron chi connectivity index (χ4n) is 4.91. The number of aromatic nitrogens is 1. The van der Waals surface area contributed by atoms with Crippen molar-refractivity contribution in [3.63, 3.8) is 0 Å². The van der Waals surface area contributed by atoms with Gasteiger partial charge < -0.3 is 5.32 Å². The predicted octanol–water partition coefficient (Wildman–Crippen LogP) is 3.46. The Hall–Kier alpha value is -4.19. The molecule has 1 saturated carbocycles. The molecule has 2 atom stereocenters. The van der Waals surface area contributed by atoms with Gasteiger partial charge in [0.15, 0.2) is 0 Å². The summed E-state index contributed by atoms with van der Waals surface area (Å²) in [5, 5.41) is 11.9. The Morgan fingerprint density at radius 1 is 1.17 bits per heavy atom. The maximum Gasteiger partial charge on any atom is 0.303 e. The van der Waals surface area contributed by atoms with Crippen molar-refractivity contribution in [3.8, 4) is 6.07 Å². The molecule has 3 aromatic rings. The van der Waals surface area contributed by atoms with E-state index in [1.54, 1.807) is 12.1 Å². The highest BCUT2D eigenvalue weighted by Crippen LogP contribution is 2.39. The highest BCUT2D eigenvalue weighted by atomic mass is 35.5. The first-order valence-electron chi connectivity index (χ1n) is 12.6. The summed E-state index contributed by atoms with van der Waals surface area (Å²) in [6, 6.07) is 11.0. The topological polar surface area (TPSA) is 136 Å². The van der Waals surface area contributed by atoms with Gasteiger partial charge in [-0.05, 0) is 36.4 Å². The SMILES string of the molecule is N#Cc1ccnc(N2[C@H](C(=O)N(c3cccc(F)c3)[C@H](C(=O)NC3CC(F)(F)C3)c3ccccc3Cl)CNS2(=O)=O)c1. The van der Waals surface area contributed by atoms with Gasteiger partial charge in [-0.25, -0.2) is 22.5 Å². The van der Waals surface area contributed by atoms with E-state index in [0.29, 0.717) is 4.31 Å². The number of amides is 2. The van der Waals surface area contributed by atoms with Crippen LogP contribution in [0.3, 0.4) is 0 Å². The number of pyridine rings is 1. The zero-order valence-electron chi connectivity index (χ0n) is 21.5. The molecule has 218 valence electrons. The Balaban J connectivity index is 1.63. The molecule has 5 rings (SSSR count). The van der Waals surface area contributed by atoms with Gasteiger partial charge in [0.1, 0.15) is 23.7 Å². The minimum absolute atomic E-state index is 0.0446. The minimum Gasteiger partial charge on any atom is -0.351 e. The fourth-order valence-corrected chi connectivity index (χ4v) is 6.50. The summed E-state index contributed by atoms with van der Waals surface area (Å²) in [6.07, 6.45) is -0.0231. The zero-order chi connectivity index (χ0) is 30.2. The van der Waals surface area contributed by atoms with E-state index in [0.717, 1.165) is 17.0 Å². The molecule has 0 bridgehead atoms. The molecule has 2 fully saturated rings. The number of carbonyl (C=O) groups excluding carboxylic acids is 2. The third-order valence-electron chi connectivity index (χ3n) is 6.85. The van der Waals surface area contributed by atoms with E-state index in [1.807, 2.05) is 6.07 Å². The summed E-state index contributed by atoms with van der Waals surface area (Å²) in [5.74, 6) is -5.82. The van der Waals surface area contributed by atoms with E-state index in [-0.39, 0.29) is 27.7 Å². The van der Waals surface area contributed by atoms with Crippen molar-refractivity contribution < 1.29 is 31.2 Å². The molecule has 2 aliphatic rings. The van der Waals surface area contributed by atoms with E-state index in [1.165, 1.54) is 42.6 Å². The number of alkyl halides is 2. The zero-order valence-corrected chi connectivity index (χ0v) is 23.1. The number of hydrogen-bond acceptors (Lipinski definition) is 6. The maximum absolute atomic E-state index is 14.5. The number of nitriles is 1. The third kappa shape index (κ3) is 5.76. The molecule has 1 aliphatic carbocycles. The molecule has 2 N–H and O–H groups in total. The average molecular weight is 619 g/mol. The van der Waals surface area contributed by atoms with Gasteiger partial charge in [0.05, 0.1) is 11.6 Å². The molecule has 42 heavy (non-hydrogen) atoms. The van der Waals surface area contributed by atoms with Crippen LogP contribution in [0.2, 0.25) is 5.02 Å². The van der Waals surface area contributed by atoms with Crippen LogP contribution in [-0.4, -0.2) is 49.8 Å². The molecule has 0 unspecified atom stereocenters. The normalized spacial score (nSPS) is 19.8. The van der Waals surface area contributed by atoms with Crippen LogP contribution in [0.1, 0.15) is 30.0 Å². The summed E-state index contributed by atoms with van der Waals surface area (Å²) in [5.41, 5.74) is 0.0354. The van der Waals surface area contributed by atoms with Gasteiger partial charge in [0.25, 0.3) is 11.8 Å². The molecule has 15 heteroatoms. The summed E-state index contributed by atoms with van der Waals surface area (Å²) >= 11 is 6.45. The monoisotopic (exact) mass is 618 g/mol. The van der Waals surface area contributed by atoms with Gasteiger partial charge in [0.2, 0.25) is 5.91 Å². The average Bonchev–Trinajstić information content (AvgIpc) is 3.25. The number of anilines is 2. The summed E-state index contributed by atoms with van der Waals surface area (Å²) in [4.78, 5) is 33.1. The lowest BCUT2D eigenvalue weighted by molar-refractivity contribution is -0.132. The number of nitrogens with zero attached hydrogens (tertiary/aromatic N) is 4. The second kappa shape index (κ2) is 11.2. The van der Waals surface area contributed by atoms with Crippen molar-refractivity contribution >= 4 is 45.1 Å². The lowest BCUT2D eigenvalue weighted by atomic mass is 9.87. The van der Waals surface area contributed by atoms with Gasteiger partial charge in [0, 0.05) is 47.9 Å². The van der Waals surface area contributed by atoms with Crippen molar-refractivity contribution in [2.75, 3.05) is 15.7 Å². The van der Waals surface area contributed by atoms with Crippen LogP contribution < -0.4 is 19.2 Å². The van der Waals surface area contributed by atoms with Crippen LogP contribution >= 0.6 is 11.6 Å². The van der Waals surface area contributed by atoms with Gasteiger partial charge in [-0.15, -0.1) is 0 Å². The van der Waals surface area contributed by atoms with Gasteiger partial charge in [-0.2, -0.15) is 18.4 Å². The summed E-state index contributed by atoms with van der Waals surface area (Å²) < 4.78 is 70.7. The van der Waals surface area contributed by atoms with Crippen molar-refractivity contribution in [2.45, 2.75) is 36.9 Å². The molecule has 1 aliphatic heterocycles. The number of hydrogen-bond donors (Lipinski definition) is 2. The number of nitrogens with one attached hydrogen (secondary N) is 2. The van der Waals surface area contributed by atoms with E-state index < -0.39 is 71.3 Å². The Bertz CT molecular complexity index is 1690. The largest absolute Gasteiger partial charge is 0.351 e. The Morgan fingerprint density at radius 3 is 2.57 bits per heavy atom. The van der Waals surface area contributed by atoms with Crippen LogP contribution in [0.25, 0.3) is 0 Å². The maximum atomic E-state index is 14.5. The molecule has 1 saturated heterocycles. The number of benzene rings is 2. The van der Waals surface area contributed by atoms with E-state index in [4.69, 9.17) is 11.6 Å². The van der Waals surface area contributed by atoms with Crippen molar-refractivity contribution in [1.29, 1.82) is 5.26 Å². The van der Waals surface area contributed by atoms with Crippen LogP contribution in [0.15, 0.2) is 66.9 Å². The quantitative estimate of drug-likeness (QED) is 0.416. The van der Waals surface area contributed by atoms with Gasteiger partial charge >= 0.3 is 10.2 Å². The molecule has 10 nitrogen and oxygen atoms in total. The van der Waals surface area contributed by atoms with Crippen LogP contribution in [-0.2, 0) is 19.8 Å². The molecule has 1 aromatic heterocycles. The predicted molar refractivity (Wildman–Crippen MR) is 146 cm³/mol. The number of halogens is 4. The Morgan fingerprint density at radius 2 is 1.90 bits per heavy atom. The van der Waals surface area contributed by atoms with Crippen molar-refractivity contribution in [2.24, 2.45) is 0 Å². The lowest BCUT2D eigenvalue weighted by Crippen LogP contribution is -2.56. The molecule has 2 aromatic carbocycles. The second-order valence-corrected chi connectivity index (χ2v) is 11.8. The van der Waals surface area contributed by atoms with Gasteiger partial charge in [-0.3, -0.25) is 14.5 Å². The lowest BCUT2D eigenvalue weighted by Gasteiger charge is -2.39. The van der Waals surface area contributed by atoms with Crippen molar-refractivity contribution in [3.05, 3.63) is 88.8 Å². The Labute approximate surface area is 243 Å². The van der Waals surface area contributed by atoms with Crippen LogP contribution in [0.4, 0.5) is 24.7 Å². The fraction of sp³-hybridized carbons (Fsp3) is 0.259. The Kier molecular flexibility index (Phi) is 7.84. The van der Waals surface area contributed by atoms with Crippen molar-refractivity contribution in [1.82, 2.24) is 15.0 Å². The summed E-state index contributed by atoms with van der Waals surface area (Å²) in [7, 11) is -4.35. The number of rotatable bonds is 7. The molecule has 0 radical (unpaired) electrons. The molecular formula is C27H22ClF3N6O4S. The van der Waals surface area contributed by atoms with Gasteiger partial charge in [-0.1, -0.05) is 35.9 Å². The van der Waals surface area contributed by atoms with Crippen LogP contribution in [0.5, 0.6) is 0 Å². The third-order valence-corrected chi connectivity index (χ3v) is 8.69. The van der Waals surface area contributed by atoms with E-state index >= 15 is 0 Å². The van der Waals surface area contributed by atoms with E-state index in [9.17, 15) is 36.4 Å². The summed E-state index contributed by atoms with van der Waals surface area (Å²) in [6.45, 7) is -0.461. The molecular weight excluding hydrogens is 597 g/mol. The van der Waals surface area contributed by atoms with E-state index in [2.05, 4.69) is 15.0 Å². The molecule has 2 heterocycles. The van der Waals surface area contributed by atoms with Crippen LogP contribution in [0, 0.1) is 17.1 Å². The highest BCUT2D eigenvalue weighted by Gasteiger charge is 2.49. The standard InChI is InChI=1S/C27H22ClF3N6O4S/c28-21-7-2-1-6-20(21)24(25(38)35-18-12-27(30,31)13-18)36(19-5-3-4-17(29)11-19)26(39)22-15-34-42(40,41)37(22)23-10-16(14-32)8-9-33-23/h1-11,18,22,24,34H,12-13,15H2,(H,35,38)/t22-,24-/m0/s1. The minimum atomic E-state index is -4.35. The smallest absolute Gasteiger partial charge is 0.303 e.